The summed E-state index contributed by atoms with van der Waals surface area (Å²) in [6, 6.07) is 7.48. The van der Waals surface area contributed by atoms with E-state index in [9.17, 15) is 18.0 Å². The molecule has 0 aliphatic carbocycles. The predicted molar refractivity (Wildman–Crippen MR) is 89.3 cm³/mol. The van der Waals surface area contributed by atoms with Crippen molar-refractivity contribution in [3.63, 3.8) is 0 Å². The zero-order valence-corrected chi connectivity index (χ0v) is 14.4. The average molecular weight is 394 g/mol. The van der Waals surface area contributed by atoms with Gasteiger partial charge < -0.3 is 14.0 Å². The number of anilines is 1. The quantitative estimate of drug-likeness (QED) is 0.700. The summed E-state index contributed by atoms with van der Waals surface area (Å²) in [7, 11) is 1.50. The van der Waals surface area contributed by atoms with Gasteiger partial charge in [0, 0.05) is 23.0 Å². The molecule has 11 heteroatoms. The standard InChI is InChI=1S/C17H13F3N4O4/c1-26-13-6-10(7-21-8-13)9-27-16(25)22-12-4-2-11(3-5-12)14-23-15(28-24-14)17(18,19)20/h2-8H,9H2,1H3,(H,22,25). The summed E-state index contributed by atoms with van der Waals surface area (Å²) in [6.45, 7) is -0.0167. The van der Waals surface area contributed by atoms with Crippen LogP contribution < -0.4 is 10.1 Å². The molecule has 0 spiro atoms. The summed E-state index contributed by atoms with van der Waals surface area (Å²) in [5.41, 5.74) is 1.31. The molecule has 0 saturated carbocycles. The topological polar surface area (TPSA) is 99.4 Å². The maximum Gasteiger partial charge on any atom is 0.471 e. The van der Waals surface area contributed by atoms with Gasteiger partial charge in [0.2, 0.25) is 5.82 Å². The van der Waals surface area contributed by atoms with Crippen LogP contribution >= 0.6 is 0 Å². The molecule has 1 N–H and O–H groups in total. The number of hydrogen-bond acceptors (Lipinski definition) is 7. The third kappa shape index (κ3) is 4.75. The van der Waals surface area contributed by atoms with Crippen molar-refractivity contribution in [2.45, 2.75) is 12.8 Å². The number of halogens is 3. The lowest BCUT2D eigenvalue weighted by molar-refractivity contribution is -0.159. The van der Waals surface area contributed by atoms with Crippen LogP contribution in [0.1, 0.15) is 11.5 Å². The first-order valence-electron chi connectivity index (χ1n) is 7.78. The van der Waals surface area contributed by atoms with E-state index < -0.39 is 18.2 Å². The van der Waals surface area contributed by atoms with E-state index in [0.29, 0.717) is 22.6 Å². The second kappa shape index (κ2) is 7.94. The summed E-state index contributed by atoms with van der Waals surface area (Å²) in [6.07, 6.45) is -2.37. The molecule has 0 aliphatic rings. The smallest absolute Gasteiger partial charge is 0.471 e. The maximum atomic E-state index is 12.5. The van der Waals surface area contributed by atoms with E-state index >= 15 is 0 Å². The van der Waals surface area contributed by atoms with Crippen LogP contribution in [0.5, 0.6) is 5.75 Å². The van der Waals surface area contributed by atoms with Crippen LogP contribution in [0.4, 0.5) is 23.7 Å². The Kier molecular flexibility index (Phi) is 5.43. The van der Waals surface area contributed by atoms with Crippen molar-refractivity contribution in [1.82, 2.24) is 15.1 Å². The van der Waals surface area contributed by atoms with Crippen molar-refractivity contribution in [2.75, 3.05) is 12.4 Å². The Morgan fingerprint density at radius 3 is 2.61 bits per heavy atom. The Bertz CT molecular complexity index is 958. The first-order chi connectivity index (χ1) is 13.3. The maximum absolute atomic E-state index is 12.5. The fraction of sp³-hybridized carbons (Fsp3) is 0.176. The van der Waals surface area contributed by atoms with Gasteiger partial charge in [0.15, 0.2) is 0 Å². The molecule has 3 rings (SSSR count). The minimum atomic E-state index is -4.71. The first-order valence-corrected chi connectivity index (χ1v) is 7.78. The molecular weight excluding hydrogens is 381 g/mol. The number of nitrogens with one attached hydrogen (secondary N) is 1. The van der Waals surface area contributed by atoms with Crippen LogP contribution in [0.2, 0.25) is 0 Å². The fourth-order valence-corrected chi connectivity index (χ4v) is 2.12. The summed E-state index contributed by atoms with van der Waals surface area (Å²) in [4.78, 5) is 19.1. The van der Waals surface area contributed by atoms with Gasteiger partial charge in [-0.1, -0.05) is 5.16 Å². The van der Waals surface area contributed by atoms with Gasteiger partial charge in [-0.25, -0.2) is 4.79 Å². The monoisotopic (exact) mass is 394 g/mol. The van der Waals surface area contributed by atoms with Gasteiger partial charge in [0.1, 0.15) is 12.4 Å². The highest BCUT2D eigenvalue weighted by atomic mass is 19.4. The zero-order valence-electron chi connectivity index (χ0n) is 14.4. The molecule has 0 bridgehead atoms. The lowest BCUT2D eigenvalue weighted by Crippen LogP contribution is -2.13. The van der Waals surface area contributed by atoms with E-state index in [2.05, 4.69) is 25.0 Å². The van der Waals surface area contributed by atoms with Gasteiger partial charge in [-0.2, -0.15) is 18.2 Å². The Balaban J connectivity index is 1.57. The molecule has 0 unspecified atom stereocenters. The number of hydrogen-bond donors (Lipinski definition) is 1. The van der Waals surface area contributed by atoms with E-state index in [1.807, 2.05) is 0 Å². The van der Waals surface area contributed by atoms with Gasteiger partial charge in [-0.15, -0.1) is 0 Å². The number of benzene rings is 1. The molecule has 1 amide bonds. The molecule has 1 aromatic carbocycles. The van der Waals surface area contributed by atoms with Gasteiger partial charge >= 0.3 is 18.2 Å². The second-order valence-electron chi connectivity index (χ2n) is 5.43. The van der Waals surface area contributed by atoms with Gasteiger partial charge in [-0.3, -0.25) is 10.3 Å². The van der Waals surface area contributed by atoms with E-state index in [4.69, 9.17) is 9.47 Å². The second-order valence-corrected chi connectivity index (χ2v) is 5.43. The van der Waals surface area contributed by atoms with Gasteiger partial charge in [0.05, 0.1) is 13.3 Å². The summed E-state index contributed by atoms with van der Waals surface area (Å²) < 4.78 is 51.8. The number of carbonyl (C=O) groups excluding carboxylic acids is 1. The van der Waals surface area contributed by atoms with Crippen molar-refractivity contribution < 1.29 is 32.0 Å². The van der Waals surface area contributed by atoms with E-state index in [0.717, 1.165) is 0 Å². The average Bonchev–Trinajstić information content (AvgIpc) is 3.18. The molecular formula is C17H13F3N4O4. The summed E-state index contributed by atoms with van der Waals surface area (Å²) in [5.74, 6) is -1.11. The molecule has 0 aliphatic heterocycles. The number of rotatable bonds is 5. The number of nitrogens with zero attached hydrogens (tertiary/aromatic N) is 3. The van der Waals surface area contributed by atoms with Crippen molar-refractivity contribution in [2.24, 2.45) is 0 Å². The third-order valence-electron chi connectivity index (χ3n) is 3.43. The van der Waals surface area contributed by atoms with Crippen LogP contribution in [0, 0.1) is 0 Å². The fourth-order valence-electron chi connectivity index (χ4n) is 2.12. The molecule has 0 saturated heterocycles. The highest BCUT2D eigenvalue weighted by Crippen LogP contribution is 2.29. The van der Waals surface area contributed by atoms with Crippen LogP contribution in [-0.4, -0.2) is 28.3 Å². The Morgan fingerprint density at radius 2 is 1.96 bits per heavy atom. The number of ether oxygens (including phenoxy) is 2. The van der Waals surface area contributed by atoms with Crippen molar-refractivity contribution in [3.05, 3.63) is 54.2 Å². The van der Waals surface area contributed by atoms with Crippen molar-refractivity contribution in [1.29, 1.82) is 0 Å². The Hall–Kier alpha value is -3.63. The molecule has 3 aromatic rings. The SMILES string of the molecule is COc1cncc(COC(=O)Nc2ccc(-c3noc(C(F)(F)F)n3)cc2)c1. The molecule has 28 heavy (non-hydrogen) atoms. The minimum Gasteiger partial charge on any atom is -0.495 e. The largest absolute Gasteiger partial charge is 0.495 e. The molecule has 2 aromatic heterocycles. The van der Waals surface area contributed by atoms with Gasteiger partial charge in [-0.05, 0) is 30.3 Å². The predicted octanol–water partition coefficient (Wildman–Crippen LogP) is 3.91. The zero-order chi connectivity index (χ0) is 20.1. The lowest BCUT2D eigenvalue weighted by Gasteiger charge is -2.08. The third-order valence-corrected chi connectivity index (χ3v) is 3.43. The highest BCUT2D eigenvalue weighted by Gasteiger charge is 2.38. The number of pyridine rings is 1. The molecule has 0 fully saturated rings. The molecule has 2 heterocycles. The number of methoxy groups -OCH3 is 1. The highest BCUT2D eigenvalue weighted by molar-refractivity contribution is 5.84. The normalized spacial score (nSPS) is 11.1. The Morgan fingerprint density at radius 1 is 1.21 bits per heavy atom. The minimum absolute atomic E-state index is 0.0167. The molecule has 0 radical (unpaired) electrons. The Labute approximate surface area is 156 Å². The summed E-state index contributed by atoms with van der Waals surface area (Å²) in [5, 5.41) is 5.78. The van der Waals surface area contributed by atoms with Crippen LogP contribution in [0.3, 0.4) is 0 Å². The molecule has 146 valence electrons. The van der Waals surface area contributed by atoms with Crippen LogP contribution in [0.25, 0.3) is 11.4 Å². The van der Waals surface area contributed by atoms with Crippen molar-refractivity contribution in [3.8, 4) is 17.1 Å². The van der Waals surface area contributed by atoms with E-state index in [1.54, 1.807) is 6.07 Å². The van der Waals surface area contributed by atoms with Crippen LogP contribution in [0.15, 0.2) is 47.2 Å². The number of aromatic nitrogens is 3. The van der Waals surface area contributed by atoms with E-state index in [-0.39, 0.29) is 12.4 Å². The van der Waals surface area contributed by atoms with Crippen molar-refractivity contribution >= 4 is 11.8 Å². The van der Waals surface area contributed by atoms with Gasteiger partial charge in [0.25, 0.3) is 0 Å². The summed E-state index contributed by atoms with van der Waals surface area (Å²) >= 11 is 0. The number of amides is 1. The lowest BCUT2D eigenvalue weighted by atomic mass is 10.2. The first kappa shape index (κ1) is 19.1. The van der Waals surface area contributed by atoms with E-state index in [1.165, 1.54) is 43.8 Å². The molecule has 8 nitrogen and oxygen atoms in total. The number of alkyl halides is 3. The molecule has 0 atom stereocenters. The number of carbonyl (C=O) groups is 1. The van der Waals surface area contributed by atoms with Crippen LogP contribution in [-0.2, 0) is 17.5 Å².